The number of esters is 1. The van der Waals surface area contributed by atoms with Crippen molar-refractivity contribution in [2.75, 3.05) is 76.1 Å². The van der Waals surface area contributed by atoms with Crippen molar-refractivity contribution in [1.82, 2.24) is 39.3 Å². The Balaban J connectivity index is 1.01. The summed E-state index contributed by atoms with van der Waals surface area (Å²) in [5.41, 5.74) is 12.6. The van der Waals surface area contributed by atoms with E-state index >= 15 is 0 Å². The van der Waals surface area contributed by atoms with Gasteiger partial charge in [0.1, 0.15) is 35.7 Å². The Morgan fingerprint density at radius 3 is 2.59 bits per heavy atom. The van der Waals surface area contributed by atoms with Gasteiger partial charge in [-0.3, -0.25) is 15.1 Å². The van der Waals surface area contributed by atoms with Crippen LogP contribution in [0.1, 0.15) is 47.5 Å². The fourth-order valence-electron chi connectivity index (χ4n) is 6.46. The topological polar surface area (TPSA) is 168 Å². The Hall–Kier alpha value is -5.01. The van der Waals surface area contributed by atoms with Gasteiger partial charge in [0.25, 0.3) is 0 Å². The van der Waals surface area contributed by atoms with Crippen molar-refractivity contribution in [2.24, 2.45) is 7.05 Å². The molecule has 0 aliphatic carbocycles. The van der Waals surface area contributed by atoms with E-state index in [1.165, 1.54) is 4.90 Å². The van der Waals surface area contributed by atoms with E-state index in [2.05, 4.69) is 37.0 Å². The number of carbonyl (C=O) groups is 2. The highest BCUT2D eigenvalue weighted by Crippen LogP contribution is 2.30. The van der Waals surface area contributed by atoms with Crippen LogP contribution in [0.3, 0.4) is 0 Å². The highest BCUT2D eigenvalue weighted by Gasteiger charge is 2.18. The number of hydrogen-bond donors (Lipinski definition) is 2. The zero-order valence-corrected chi connectivity index (χ0v) is 35.7. The molecule has 0 bridgehead atoms. The number of methoxy groups -OCH3 is 1. The van der Waals surface area contributed by atoms with Crippen LogP contribution in [0.2, 0.25) is 5.15 Å². The molecule has 3 N–H and O–H groups in total. The molecule has 5 aromatic rings. The number of ether oxygens (including phenoxy) is 3. The first-order chi connectivity index (χ1) is 27.9. The molecule has 0 unspecified atom stereocenters. The third-order valence-corrected chi connectivity index (χ3v) is 10.1. The molecule has 1 aromatic carbocycles. The van der Waals surface area contributed by atoms with Crippen LogP contribution >= 0.6 is 34.8 Å². The SMILES string of the molecule is COc1c(C)cnc(Cn2cc(C#CCCOC(=O)N(C)CCNCOC(=O)CCCc3nc4cc(N(CCCl)CCCl)ccc4n3C)c3c(Cl)nc(N)nc32)c1C. The van der Waals surface area contributed by atoms with E-state index in [0.29, 0.717) is 73.9 Å². The van der Waals surface area contributed by atoms with Gasteiger partial charge >= 0.3 is 12.1 Å². The number of nitrogen functional groups attached to an aromatic ring is 1. The van der Waals surface area contributed by atoms with Crippen molar-refractivity contribution >= 4 is 80.6 Å². The minimum Gasteiger partial charge on any atom is -0.496 e. The molecule has 0 aliphatic heterocycles. The summed E-state index contributed by atoms with van der Waals surface area (Å²) in [7, 11) is 5.23. The van der Waals surface area contributed by atoms with Gasteiger partial charge < -0.3 is 38.9 Å². The van der Waals surface area contributed by atoms with Crippen LogP contribution in [0.5, 0.6) is 5.75 Å². The van der Waals surface area contributed by atoms with Gasteiger partial charge in [-0.25, -0.2) is 14.8 Å². The second kappa shape index (κ2) is 21.1. The molecule has 4 aromatic heterocycles. The van der Waals surface area contributed by atoms with Crippen LogP contribution in [0.25, 0.3) is 22.1 Å². The number of nitrogens with one attached hydrogen (secondary N) is 1. The maximum atomic E-state index is 12.5. The Bertz CT molecular complexity index is 2280. The van der Waals surface area contributed by atoms with Crippen molar-refractivity contribution in [2.45, 2.75) is 46.1 Å². The molecule has 310 valence electrons. The quantitative estimate of drug-likeness (QED) is 0.0255. The van der Waals surface area contributed by atoms with Crippen LogP contribution in [0.4, 0.5) is 16.4 Å². The standard InChI is InChI=1S/C40H49Cl3N10O5/c1-26-22-46-31(27(2)36(26)56-5)24-53-23-28(35-37(43)48-39(44)49-38(35)53)9-6-7-20-57-40(55)50(3)19-16-45-25-58-34(54)11-8-10-33-47-30-21-29(12-13-32(30)51(33)4)52(17-14-41)18-15-42/h12-13,21-23,45H,7-8,10-11,14-20,24-25H2,1-5H3,(H2,44,48,49). The number of halogens is 3. The number of aryl methyl sites for hydroxylation is 3. The summed E-state index contributed by atoms with van der Waals surface area (Å²) < 4.78 is 20.2. The number of alkyl halides is 2. The molecular weight excluding hydrogens is 807 g/mol. The molecule has 5 rings (SSSR count). The lowest BCUT2D eigenvalue weighted by molar-refractivity contribution is -0.144. The van der Waals surface area contributed by atoms with Crippen molar-refractivity contribution in [3.05, 3.63) is 64.0 Å². The number of likely N-dealkylation sites (N-methyl/N-ethyl adjacent to an activating group) is 1. The number of fused-ring (bicyclic) bond motifs is 2. The van der Waals surface area contributed by atoms with E-state index in [1.54, 1.807) is 20.4 Å². The Morgan fingerprint density at radius 1 is 1.07 bits per heavy atom. The van der Waals surface area contributed by atoms with E-state index < -0.39 is 6.09 Å². The van der Waals surface area contributed by atoms with E-state index in [-0.39, 0.29) is 43.3 Å². The van der Waals surface area contributed by atoms with Crippen LogP contribution in [-0.4, -0.2) is 111 Å². The van der Waals surface area contributed by atoms with Crippen LogP contribution in [0.15, 0.2) is 30.6 Å². The van der Waals surface area contributed by atoms with E-state index in [1.807, 2.05) is 54.4 Å². The van der Waals surface area contributed by atoms with Gasteiger partial charge in [0.2, 0.25) is 5.95 Å². The molecular formula is C40H49Cl3N10O5. The van der Waals surface area contributed by atoms with Crippen molar-refractivity contribution < 1.29 is 23.8 Å². The minimum atomic E-state index is -0.499. The third-order valence-electron chi connectivity index (χ3n) is 9.52. The van der Waals surface area contributed by atoms with Gasteiger partial charge in [-0.2, -0.15) is 4.98 Å². The zero-order chi connectivity index (χ0) is 41.8. The van der Waals surface area contributed by atoms with E-state index in [9.17, 15) is 9.59 Å². The first-order valence-electron chi connectivity index (χ1n) is 18.8. The second-order valence-corrected chi connectivity index (χ2v) is 14.6. The van der Waals surface area contributed by atoms with Gasteiger partial charge in [0, 0.05) is 101 Å². The van der Waals surface area contributed by atoms with Gasteiger partial charge in [-0.05, 0) is 38.5 Å². The van der Waals surface area contributed by atoms with Gasteiger partial charge in [-0.1, -0.05) is 23.4 Å². The molecule has 0 saturated heterocycles. The number of pyridine rings is 1. The van der Waals surface area contributed by atoms with Crippen LogP contribution < -0.4 is 20.7 Å². The number of benzene rings is 1. The van der Waals surface area contributed by atoms with Crippen molar-refractivity contribution in [3.8, 4) is 17.6 Å². The zero-order valence-electron chi connectivity index (χ0n) is 33.4. The molecule has 0 aliphatic rings. The smallest absolute Gasteiger partial charge is 0.409 e. The van der Waals surface area contributed by atoms with Gasteiger partial charge in [-0.15, -0.1) is 23.2 Å². The number of carbonyl (C=O) groups excluding carboxylic acids is 2. The lowest BCUT2D eigenvalue weighted by Gasteiger charge is -2.22. The largest absolute Gasteiger partial charge is 0.496 e. The third kappa shape index (κ3) is 11.1. The number of aromatic nitrogens is 6. The summed E-state index contributed by atoms with van der Waals surface area (Å²) in [5, 5.41) is 3.78. The van der Waals surface area contributed by atoms with Crippen molar-refractivity contribution in [1.29, 1.82) is 0 Å². The fourth-order valence-corrected chi connectivity index (χ4v) is 7.14. The lowest BCUT2D eigenvalue weighted by atomic mass is 10.1. The maximum Gasteiger partial charge on any atom is 0.409 e. The van der Waals surface area contributed by atoms with Gasteiger partial charge in [0.05, 0.1) is 41.3 Å². The summed E-state index contributed by atoms with van der Waals surface area (Å²) in [6.45, 7) is 6.53. The number of anilines is 2. The average molecular weight is 856 g/mol. The molecule has 0 radical (unpaired) electrons. The molecule has 0 spiro atoms. The maximum absolute atomic E-state index is 12.5. The summed E-state index contributed by atoms with van der Waals surface area (Å²) in [5.74, 6) is 8.56. The number of nitrogens with two attached hydrogens (primary N) is 1. The monoisotopic (exact) mass is 854 g/mol. The molecule has 15 nitrogen and oxygen atoms in total. The summed E-state index contributed by atoms with van der Waals surface area (Å²) in [4.78, 5) is 46.4. The molecule has 4 heterocycles. The summed E-state index contributed by atoms with van der Waals surface area (Å²) in [6.07, 6.45) is 4.85. The number of hydrogen-bond acceptors (Lipinski definition) is 12. The highest BCUT2D eigenvalue weighted by molar-refractivity contribution is 6.34. The van der Waals surface area contributed by atoms with E-state index in [0.717, 1.165) is 45.1 Å². The minimum absolute atomic E-state index is 0.0286. The summed E-state index contributed by atoms with van der Waals surface area (Å²) >= 11 is 18.5. The van der Waals surface area contributed by atoms with Crippen LogP contribution in [0, 0.1) is 25.7 Å². The number of amides is 1. The Morgan fingerprint density at radius 2 is 1.84 bits per heavy atom. The van der Waals surface area contributed by atoms with Crippen molar-refractivity contribution in [3.63, 3.8) is 0 Å². The second-order valence-electron chi connectivity index (χ2n) is 13.5. The van der Waals surface area contributed by atoms with Gasteiger partial charge in [0.15, 0.2) is 0 Å². The molecule has 1 amide bonds. The predicted molar refractivity (Wildman–Crippen MR) is 228 cm³/mol. The Labute approximate surface area is 353 Å². The molecule has 18 heteroatoms. The summed E-state index contributed by atoms with van der Waals surface area (Å²) in [6, 6.07) is 6.14. The fraction of sp³-hybridized carbons (Fsp3) is 0.450. The average Bonchev–Trinajstić information content (AvgIpc) is 3.70. The number of nitrogens with zero attached hydrogens (tertiary/aromatic N) is 8. The normalized spacial score (nSPS) is 11.1. The van der Waals surface area contributed by atoms with Crippen LogP contribution in [-0.2, 0) is 34.3 Å². The Kier molecular flexibility index (Phi) is 16.1. The first-order valence-corrected chi connectivity index (χ1v) is 20.3. The molecule has 0 atom stereocenters. The molecule has 0 fully saturated rings. The molecule has 58 heavy (non-hydrogen) atoms. The first kappa shape index (κ1) is 44.1. The lowest BCUT2D eigenvalue weighted by Crippen LogP contribution is -2.35. The molecule has 0 saturated carbocycles. The highest BCUT2D eigenvalue weighted by atomic mass is 35.5. The number of imidazole rings is 1. The van der Waals surface area contributed by atoms with E-state index in [4.69, 9.17) is 59.7 Å². The number of rotatable bonds is 19. The predicted octanol–water partition coefficient (Wildman–Crippen LogP) is 5.83.